The van der Waals surface area contributed by atoms with Gasteiger partial charge in [0.1, 0.15) is 0 Å². The second-order valence-electron chi connectivity index (χ2n) is 3.26. The largest absolute Gasteiger partial charge is 0.260 e. The zero-order valence-electron chi connectivity index (χ0n) is 7.24. The maximum Gasteiger partial charge on any atom is 0.0435 e. The normalized spacial score (nSPS) is 11.2. The van der Waals surface area contributed by atoms with E-state index in [0.29, 0.717) is 5.92 Å². The van der Waals surface area contributed by atoms with Gasteiger partial charge in [-0.25, -0.2) is 0 Å². The highest BCUT2D eigenvalue weighted by Crippen LogP contribution is 2.21. The van der Waals surface area contributed by atoms with Crippen LogP contribution in [-0.2, 0) is 0 Å². The van der Waals surface area contributed by atoms with Gasteiger partial charge in [0, 0.05) is 22.7 Å². The Bertz CT molecular complexity index is 389. The molecule has 12 heavy (non-hydrogen) atoms. The van der Waals surface area contributed by atoms with Crippen LogP contribution in [0.3, 0.4) is 0 Å². The van der Waals surface area contributed by atoms with Crippen molar-refractivity contribution in [2.24, 2.45) is 0 Å². The van der Waals surface area contributed by atoms with Crippen LogP contribution in [0.2, 0.25) is 0 Å². The van der Waals surface area contributed by atoms with Crippen molar-refractivity contribution in [3.8, 4) is 0 Å². The molecule has 0 aromatic carbocycles. The Kier molecular flexibility index (Phi) is 1.85. The number of hydrogen-bond donors (Lipinski definition) is 0. The third-order valence-corrected chi connectivity index (χ3v) is 2.75. The molecule has 0 atom stereocenters. The molecular weight excluding hydrogens is 166 g/mol. The molecule has 2 heterocycles. The van der Waals surface area contributed by atoms with Crippen LogP contribution in [-0.4, -0.2) is 4.98 Å². The highest BCUT2D eigenvalue weighted by Gasteiger charge is 2.01. The topological polar surface area (TPSA) is 12.9 Å². The average Bonchev–Trinajstić information content (AvgIpc) is 2.49. The molecule has 0 radical (unpaired) electrons. The van der Waals surface area contributed by atoms with E-state index in [1.807, 2.05) is 6.20 Å². The SMILES string of the molecule is CC(C)c1cc2cscc2cn1. The molecule has 1 nitrogen and oxygen atoms in total. The van der Waals surface area contributed by atoms with Crippen molar-refractivity contribution in [2.75, 3.05) is 0 Å². The molecule has 2 heteroatoms. The molecule has 0 N–H and O–H groups in total. The average molecular weight is 177 g/mol. The molecule has 0 aliphatic heterocycles. The molecule has 0 aliphatic carbocycles. The maximum absolute atomic E-state index is 4.39. The lowest BCUT2D eigenvalue weighted by Crippen LogP contribution is -1.90. The van der Waals surface area contributed by atoms with Crippen LogP contribution in [0.1, 0.15) is 25.5 Å². The number of fused-ring (bicyclic) bond motifs is 1. The Hall–Kier alpha value is -0.890. The first-order chi connectivity index (χ1) is 5.77. The third kappa shape index (κ3) is 1.23. The molecule has 0 bridgehead atoms. The van der Waals surface area contributed by atoms with Gasteiger partial charge in [-0.1, -0.05) is 13.8 Å². The predicted octanol–water partition coefficient (Wildman–Crippen LogP) is 3.42. The minimum absolute atomic E-state index is 0.522. The fraction of sp³-hybridized carbons (Fsp3) is 0.300. The van der Waals surface area contributed by atoms with E-state index in [0.717, 1.165) is 0 Å². The van der Waals surface area contributed by atoms with Gasteiger partial charge < -0.3 is 0 Å². The van der Waals surface area contributed by atoms with E-state index in [2.05, 4.69) is 35.7 Å². The van der Waals surface area contributed by atoms with Crippen LogP contribution >= 0.6 is 11.3 Å². The lowest BCUT2D eigenvalue weighted by Gasteiger charge is -2.02. The summed E-state index contributed by atoms with van der Waals surface area (Å²) in [6.45, 7) is 4.33. The van der Waals surface area contributed by atoms with Gasteiger partial charge in [-0.2, -0.15) is 11.3 Å². The van der Waals surface area contributed by atoms with Gasteiger partial charge in [0.25, 0.3) is 0 Å². The zero-order valence-corrected chi connectivity index (χ0v) is 8.06. The highest BCUT2D eigenvalue weighted by molar-refractivity contribution is 7.09. The van der Waals surface area contributed by atoms with Crippen molar-refractivity contribution in [1.82, 2.24) is 4.98 Å². The molecule has 62 valence electrons. The minimum atomic E-state index is 0.522. The molecule has 0 fully saturated rings. The first-order valence-electron chi connectivity index (χ1n) is 4.09. The van der Waals surface area contributed by atoms with Crippen molar-refractivity contribution in [3.63, 3.8) is 0 Å². The molecule has 0 unspecified atom stereocenters. The van der Waals surface area contributed by atoms with Crippen molar-refractivity contribution in [1.29, 1.82) is 0 Å². The summed E-state index contributed by atoms with van der Waals surface area (Å²) in [5, 5.41) is 6.87. The summed E-state index contributed by atoms with van der Waals surface area (Å²) in [6.07, 6.45) is 1.96. The number of thiophene rings is 1. The fourth-order valence-electron chi connectivity index (χ4n) is 1.20. The Labute approximate surface area is 76.1 Å². The lowest BCUT2D eigenvalue weighted by atomic mass is 10.1. The summed E-state index contributed by atoms with van der Waals surface area (Å²) < 4.78 is 0. The number of pyridine rings is 1. The molecule has 0 saturated heterocycles. The van der Waals surface area contributed by atoms with Crippen LogP contribution in [0.5, 0.6) is 0 Å². The first-order valence-corrected chi connectivity index (χ1v) is 5.03. The van der Waals surface area contributed by atoms with Gasteiger partial charge in [-0.3, -0.25) is 4.98 Å². The quantitative estimate of drug-likeness (QED) is 0.650. The number of aromatic nitrogens is 1. The summed E-state index contributed by atoms with van der Waals surface area (Å²) >= 11 is 1.73. The van der Waals surface area contributed by atoms with Crippen molar-refractivity contribution in [2.45, 2.75) is 19.8 Å². The molecule has 0 saturated carbocycles. The number of rotatable bonds is 1. The minimum Gasteiger partial charge on any atom is -0.260 e. The standard InChI is InChI=1S/C10H11NS/c1-7(2)10-3-8-5-12-6-9(8)4-11-10/h3-7H,1-2H3. The van der Waals surface area contributed by atoms with Gasteiger partial charge in [0.2, 0.25) is 0 Å². The fourth-order valence-corrected chi connectivity index (χ4v) is 1.96. The molecular formula is C10H11NS. The summed E-state index contributed by atoms with van der Waals surface area (Å²) in [7, 11) is 0. The van der Waals surface area contributed by atoms with Gasteiger partial charge in [-0.05, 0) is 22.8 Å². The summed E-state index contributed by atoms with van der Waals surface area (Å²) in [5.74, 6) is 0.522. The molecule has 2 aromatic rings. The van der Waals surface area contributed by atoms with Crippen molar-refractivity contribution >= 4 is 22.1 Å². The monoisotopic (exact) mass is 177 g/mol. The van der Waals surface area contributed by atoms with E-state index in [4.69, 9.17) is 0 Å². The Morgan fingerprint density at radius 2 is 2.00 bits per heavy atom. The molecule has 2 rings (SSSR count). The first kappa shape index (κ1) is 7.74. The van der Waals surface area contributed by atoms with Crippen molar-refractivity contribution in [3.05, 3.63) is 28.7 Å². The Morgan fingerprint density at radius 3 is 2.75 bits per heavy atom. The molecule has 2 aromatic heterocycles. The van der Waals surface area contributed by atoms with E-state index in [1.54, 1.807) is 11.3 Å². The van der Waals surface area contributed by atoms with E-state index >= 15 is 0 Å². The van der Waals surface area contributed by atoms with Crippen LogP contribution < -0.4 is 0 Å². The number of nitrogens with zero attached hydrogens (tertiary/aromatic N) is 1. The molecule has 0 amide bonds. The lowest BCUT2D eigenvalue weighted by molar-refractivity contribution is 0.826. The maximum atomic E-state index is 4.39. The number of hydrogen-bond acceptors (Lipinski definition) is 2. The third-order valence-electron chi connectivity index (χ3n) is 1.97. The predicted molar refractivity (Wildman–Crippen MR) is 53.7 cm³/mol. The Balaban J connectivity index is 2.60. The molecule has 0 aliphatic rings. The summed E-state index contributed by atoms with van der Waals surface area (Å²) in [6, 6.07) is 2.18. The van der Waals surface area contributed by atoms with Crippen LogP contribution in [0.4, 0.5) is 0 Å². The van der Waals surface area contributed by atoms with Crippen LogP contribution in [0.25, 0.3) is 10.8 Å². The van der Waals surface area contributed by atoms with Crippen molar-refractivity contribution < 1.29 is 0 Å². The smallest absolute Gasteiger partial charge is 0.0435 e. The zero-order chi connectivity index (χ0) is 8.55. The van der Waals surface area contributed by atoms with Crippen LogP contribution in [0, 0.1) is 0 Å². The second-order valence-corrected chi connectivity index (χ2v) is 4.01. The highest BCUT2D eigenvalue weighted by atomic mass is 32.1. The summed E-state index contributed by atoms with van der Waals surface area (Å²) in [5.41, 5.74) is 1.18. The van der Waals surface area contributed by atoms with E-state index < -0.39 is 0 Å². The van der Waals surface area contributed by atoms with E-state index in [-0.39, 0.29) is 0 Å². The van der Waals surface area contributed by atoms with Gasteiger partial charge in [0.15, 0.2) is 0 Å². The second kappa shape index (κ2) is 2.87. The van der Waals surface area contributed by atoms with Gasteiger partial charge in [0.05, 0.1) is 0 Å². The summed E-state index contributed by atoms with van der Waals surface area (Å²) in [4.78, 5) is 4.39. The molecule has 0 spiro atoms. The van der Waals surface area contributed by atoms with Gasteiger partial charge in [-0.15, -0.1) is 0 Å². The van der Waals surface area contributed by atoms with E-state index in [1.165, 1.54) is 16.5 Å². The van der Waals surface area contributed by atoms with Gasteiger partial charge >= 0.3 is 0 Å². The van der Waals surface area contributed by atoms with Crippen LogP contribution in [0.15, 0.2) is 23.0 Å². The van der Waals surface area contributed by atoms with E-state index in [9.17, 15) is 0 Å². The Morgan fingerprint density at radius 1 is 1.25 bits per heavy atom.